The van der Waals surface area contributed by atoms with Crippen LogP contribution in [0.4, 0.5) is 0 Å². The van der Waals surface area contributed by atoms with Crippen molar-refractivity contribution >= 4 is 33.5 Å². The van der Waals surface area contributed by atoms with Crippen LogP contribution in [-0.4, -0.2) is 43.2 Å². The molecular formula is C24H37N3O6S. The molecule has 2 amide bonds. The third kappa shape index (κ3) is 8.34. The predicted octanol–water partition coefficient (Wildman–Crippen LogP) is 2.12. The SMILES string of the molecule is CC(C)C[C@@H](C(=O)NN)[C@H](C(=O)NO)C(/C=C/c1ccccc1)(CC(C)C)C(=O)CS(C)(=O)=O. The highest BCUT2D eigenvalue weighted by Crippen LogP contribution is 2.44. The predicted molar refractivity (Wildman–Crippen MR) is 131 cm³/mol. The molecule has 0 spiro atoms. The average molecular weight is 496 g/mol. The summed E-state index contributed by atoms with van der Waals surface area (Å²) in [6.45, 7) is 7.33. The molecule has 0 fully saturated rings. The molecule has 1 rings (SSSR count). The lowest BCUT2D eigenvalue weighted by Crippen LogP contribution is -2.54. The molecule has 1 aromatic carbocycles. The van der Waals surface area contributed by atoms with Crippen LogP contribution in [0.15, 0.2) is 36.4 Å². The number of hydrogen-bond acceptors (Lipinski definition) is 7. The number of allylic oxidation sites excluding steroid dienone is 1. The Hall–Kier alpha value is -2.56. The van der Waals surface area contributed by atoms with Gasteiger partial charge in [-0.1, -0.05) is 70.2 Å². The number of amides is 2. The number of hydrazine groups is 1. The van der Waals surface area contributed by atoms with E-state index < -0.39 is 50.4 Å². The number of carbonyl (C=O) groups excluding carboxylic acids is 3. The van der Waals surface area contributed by atoms with Crippen LogP contribution in [0.3, 0.4) is 0 Å². The number of Topliss-reactive ketones (excluding diaryl/α,β-unsaturated/α-hetero) is 1. The standard InChI is InChI=1S/C24H37N3O6S/c1-16(2)13-19(22(29)26-25)21(23(30)27-31)24(14-17(3)4,20(28)15-34(5,32)33)12-11-18-9-7-6-8-10-18/h6-12,16-17,19,21,31H,13-15,25H2,1-5H3,(H,26,29)(H,27,30)/b12-11+/t19-,21-,24?/m1/s1. The highest BCUT2D eigenvalue weighted by Gasteiger charge is 2.53. The topological polar surface area (TPSA) is 156 Å². The molecule has 10 heteroatoms. The Morgan fingerprint density at radius 3 is 2.09 bits per heavy atom. The summed E-state index contributed by atoms with van der Waals surface area (Å²) in [4.78, 5) is 39.8. The molecule has 5 N–H and O–H groups in total. The highest BCUT2D eigenvalue weighted by atomic mass is 32.2. The van der Waals surface area contributed by atoms with E-state index in [9.17, 15) is 28.0 Å². The van der Waals surface area contributed by atoms with Crippen molar-refractivity contribution in [3.63, 3.8) is 0 Å². The van der Waals surface area contributed by atoms with E-state index in [0.717, 1.165) is 11.8 Å². The van der Waals surface area contributed by atoms with E-state index in [-0.39, 0.29) is 24.7 Å². The number of carbonyl (C=O) groups is 3. The Morgan fingerprint density at radius 1 is 1.06 bits per heavy atom. The van der Waals surface area contributed by atoms with Gasteiger partial charge in [0.05, 0.1) is 17.3 Å². The molecule has 34 heavy (non-hydrogen) atoms. The van der Waals surface area contributed by atoms with E-state index in [1.54, 1.807) is 35.8 Å². The average Bonchev–Trinajstić information content (AvgIpc) is 2.74. The molecule has 1 unspecified atom stereocenters. The van der Waals surface area contributed by atoms with Gasteiger partial charge in [0.15, 0.2) is 15.6 Å². The first kappa shape index (κ1) is 29.5. The first-order valence-electron chi connectivity index (χ1n) is 11.2. The minimum atomic E-state index is -3.77. The third-order valence-electron chi connectivity index (χ3n) is 5.59. The monoisotopic (exact) mass is 495 g/mol. The molecule has 0 bridgehead atoms. The second-order valence-electron chi connectivity index (χ2n) is 9.57. The maximum absolute atomic E-state index is 13.7. The molecule has 0 saturated heterocycles. The summed E-state index contributed by atoms with van der Waals surface area (Å²) in [5.41, 5.74) is 2.66. The Balaban J connectivity index is 3.97. The molecule has 9 nitrogen and oxygen atoms in total. The quantitative estimate of drug-likeness (QED) is 0.141. The number of sulfone groups is 1. The van der Waals surface area contributed by atoms with E-state index in [1.165, 1.54) is 6.08 Å². The van der Waals surface area contributed by atoms with Gasteiger partial charge < -0.3 is 0 Å². The number of rotatable bonds is 13. The number of hydroxylamine groups is 1. The summed E-state index contributed by atoms with van der Waals surface area (Å²) >= 11 is 0. The van der Waals surface area contributed by atoms with E-state index >= 15 is 0 Å². The Kier molecular flexibility index (Phi) is 11.1. The van der Waals surface area contributed by atoms with Crippen molar-refractivity contribution in [2.24, 2.45) is 34.9 Å². The zero-order chi connectivity index (χ0) is 26.1. The first-order chi connectivity index (χ1) is 15.8. The van der Waals surface area contributed by atoms with Gasteiger partial charge >= 0.3 is 0 Å². The smallest absolute Gasteiger partial charge is 0.248 e. The van der Waals surface area contributed by atoms with Gasteiger partial charge in [0.1, 0.15) is 5.75 Å². The van der Waals surface area contributed by atoms with Crippen molar-refractivity contribution in [3.05, 3.63) is 42.0 Å². The fourth-order valence-electron chi connectivity index (χ4n) is 4.39. The van der Waals surface area contributed by atoms with Crippen molar-refractivity contribution < 1.29 is 28.0 Å². The minimum absolute atomic E-state index is 0.0647. The van der Waals surface area contributed by atoms with Gasteiger partial charge in [0, 0.05) is 6.26 Å². The van der Waals surface area contributed by atoms with Crippen LogP contribution in [0, 0.1) is 29.1 Å². The first-order valence-corrected chi connectivity index (χ1v) is 13.2. The minimum Gasteiger partial charge on any atom is -0.298 e. The van der Waals surface area contributed by atoms with Gasteiger partial charge in [-0.25, -0.2) is 19.7 Å². The second kappa shape index (κ2) is 12.8. The van der Waals surface area contributed by atoms with Gasteiger partial charge in [0.2, 0.25) is 11.8 Å². The third-order valence-corrected chi connectivity index (χ3v) is 6.37. The van der Waals surface area contributed by atoms with Gasteiger partial charge in [-0.2, -0.15) is 0 Å². The van der Waals surface area contributed by atoms with Crippen LogP contribution in [0.2, 0.25) is 0 Å². The molecule has 1 aromatic rings. The van der Waals surface area contributed by atoms with E-state index in [2.05, 4.69) is 5.43 Å². The number of nitrogens with one attached hydrogen (secondary N) is 2. The van der Waals surface area contributed by atoms with Crippen molar-refractivity contribution in [1.82, 2.24) is 10.9 Å². The van der Waals surface area contributed by atoms with Gasteiger partial charge in [-0.15, -0.1) is 0 Å². The molecule has 3 atom stereocenters. The molecule has 0 radical (unpaired) electrons. The zero-order valence-corrected chi connectivity index (χ0v) is 21.3. The highest BCUT2D eigenvalue weighted by molar-refractivity contribution is 7.91. The Morgan fingerprint density at radius 2 is 1.65 bits per heavy atom. The summed E-state index contributed by atoms with van der Waals surface area (Å²) in [7, 11) is -3.77. The summed E-state index contributed by atoms with van der Waals surface area (Å²) in [5, 5.41) is 9.62. The molecule has 0 aliphatic heterocycles. The van der Waals surface area contributed by atoms with Crippen molar-refractivity contribution in [2.45, 2.75) is 40.5 Å². The maximum Gasteiger partial charge on any atom is 0.248 e. The van der Waals surface area contributed by atoms with Crippen LogP contribution in [0.25, 0.3) is 6.08 Å². The Labute approximate surface area is 202 Å². The lowest BCUT2D eigenvalue weighted by molar-refractivity contribution is -0.150. The normalized spacial score (nSPS) is 15.7. The largest absolute Gasteiger partial charge is 0.298 e. The van der Waals surface area contributed by atoms with Crippen LogP contribution in [0.5, 0.6) is 0 Å². The summed E-state index contributed by atoms with van der Waals surface area (Å²) < 4.78 is 24.3. The second-order valence-corrected chi connectivity index (χ2v) is 11.7. The molecule has 0 heterocycles. The lowest BCUT2D eigenvalue weighted by Gasteiger charge is -2.41. The fraction of sp³-hybridized carbons (Fsp3) is 0.542. The number of hydrogen-bond donors (Lipinski definition) is 4. The Bertz CT molecular complexity index is 976. The number of ketones is 1. The summed E-state index contributed by atoms with van der Waals surface area (Å²) in [5.74, 6) is -0.554. The maximum atomic E-state index is 13.7. The molecular weight excluding hydrogens is 458 g/mol. The number of benzene rings is 1. The molecule has 190 valence electrons. The van der Waals surface area contributed by atoms with E-state index in [1.807, 2.05) is 33.8 Å². The number of nitrogens with two attached hydrogens (primary N) is 1. The van der Waals surface area contributed by atoms with Crippen molar-refractivity contribution in [2.75, 3.05) is 12.0 Å². The van der Waals surface area contributed by atoms with E-state index in [0.29, 0.717) is 0 Å². The van der Waals surface area contributed by atoms with Gasteiger partial charge in [0.25, 0.3) is 0 Å². The van der Waals surface area contributed by atoms with Crippen LogP contribution in [0.1, 0.15) is 46.1 Å². The van der Waals surface area contributed by atoms with Crippen molar-refractivity contribution in [1.29, 1.82) is 0 Å². The van der Waals surface area contributed by atoms with Crippen LogP contribution >= 0.6 is 0 Å². The van der Waals surface area contributed by atoms with Crippen molar-refractivity contribution in [3.8, 4) is 0 Å². The van der Waals surface area contributed by atoms with E-state index in [4.69, 9.17) is 5.84 Å². The lowest BCUT2D eigenvalue weighted by atomic mass is 9.61. The molecule has 0 saturated carbocycles. The molecule has 0 aliphatic carbocycles. The fourth-order valence-corrected chi connectivity index (χ4v) is 5.14. The zero-order valence-electron chi connectivity index (χ0n) is 20.4. The van der Waals surface area contributed by atoms with Gasteiger partial charge in [-0.3, -0.25) is 25.0 Å². The summed E-state index contributed by atoms with van der Waals surface area (Å²) in [6, 6.07) is 8.99. The van der Waals surface area contributed by atoms with Crippen LogP contribution < -0.4 is 16.7 Å². The summed E-state index contributed by atoms with van der Waals surface area (Å²) in [6.07, 6.45) is 4.31. The molecule has 0 aromatic heterocycles. The van der Waals surface area contributed by atoms with Gasteiger partial charge in [-0.05, 0) is 30.2 Å². The molecule has 0 aliphatic rings. The van der Waals surface area contributed by atoms with Crippen LogP contribution in [-0.2, 0) is 24.2 Å².